The highest BCUT2D eigenvalue weighted by Gasteiger charge is 2.12. The smallest absolute Gasteiger partial charge is 0.138 e. The second kappa shape index (κ2) is 9.91. The van der Waals surface area contributed by atoms with Gasteiger partial charge in [-0.2, -0.15) is 0 Å². The Morgan fingerprint density at radius 2 is 2.00 bits per heavy atom. The fraction of sp³-hybridized carbons (Fsp3) is 0.714. The largest absolute Gasteiger partial charge is 0.382 e. The van der Waals surface area contributed by atoms with Crippen LogP contribution in [-0.2, 0) is 9.47 Å². The molecule has 0 unspecified atom stereocenters. The number of ether oxygens (including phenoxy) is 2. The number of methoxy groups -OCH3 is 1. The molecule has 1 aromatic rings. The normalized spacial score (nSPS) is 11.1. The lowest BCUT2D eigenvalue weighted by Crippen LogP contribution is -2.10. The Morgan fingerprint density at radius 1 is 1.20 bits per heavy atom. The van der Waals surface area contributed by atoms with Crippen LogP contribution >= 0.6 is 11.6 Å². The molecule has 0 saturated carbocycles. The number of nitrogens with zero attached hydrogens (tertiary/aromatic N) is 2. The van der Waals surface area contributed by atoms with E-state index in [2.05, 4.69) is 29.1 Å². The lowest BCUT2D eigenvalue weighted by molar-refractivity contribution is 0.0691. The number of anilines is 1. The molecule has 0 spiro atoms. The molecule has 1 aromatic heterocycles. The van der Waals surface area contributed by atoms with Crippen LogP contribution in [0.4, 0.5) is 5.82 Å². The first-order chi connectivity index (χ1) is 9.66. The highest BCUT2D eigenvalue weighted by molar-refractivity contribution is 6.30. The number of hydrogen-bond donors (Lipinski definition) is 1. The minimum absolute atomic E-state index is 0.295. The summed E-state index contributed by atoms with van der Waals surface area (Å²) in [4.78, 5) is 8.29. The maximum atomic E-state index is 6.11. The summed E-state index contributed by atoms with van der Waals surface area (Å²) in [5.41, 5.74) is 0.977. The monoisotopic (exact) mass is 301 g/mol. The van der Waals surface area contributed by atoms with E-state index >= 15 is 0 Å². The molecule has 0 fully saturated rings. The average molecular weight is 302 g/mol. The fourth-order valence-electron chi connectivity index (χ4n) is 1.81. The van der Waals surface area contributed by atoms with E-state index < -0.39 is 0 Å². The molecule has 1 rings (SSSR count). The molecule has 0 saturated heterocycles. The summed E-state index contributed by atoms with van der Waals surface area (Å²) in [5, 5.41) is 3.85. The molecule has 0 aliphatic carbocycles. The van der Waals surface area contributed by atoms with Gasteiger partial charge in [-0.05, 0) is 18.8 Å². The van der Waals surface area contributed by atoms with Gasteiger partial charge in [0.05, 0.1) is 13.2 Å². The highest BCUT2D eigenvalue weighted by atomic mass is 35.5. The minimum atomic E-state index is 0.295. The quantitative estimate of drug-likeness (QED) is 0.531. The first kappa shape index (κ1) is 17.1. The van der Waals surface area contributed by atoms with Crippen LogP contribution in [0.25, 0.3) is 0 Å². The summed E-state index contributed by atoms with van der Waals surface area (Å²) in [7, 11) is 1.67. The highest BCUT2D eigenvalue weighted by Crippen LogP contribution is 2.27. The van der Waals surface area contributed by atoms with Gasteiger partial charge in [0.2, 0.25) is 0 Å². The topological polar surface area (TPSA) is 56.3 Å². The van der Waals surface area contributed by atoms with Gasteiger partial charge in [-0.25, -0.2) is 9.97 Å². The Hall–Kier alpha value is -0.910. The molecule has 6 heteroatoms. The molecule has 20 heavy (non-hydrogen) atoms. The third-order valence-corrected chi connectivity index (χ3v) is 3.15. The van der Waals surface area contributed by atoms with Gasteiger partial charge >= 0.3 is 0 Å². The molecule has 0 bridgehead atoms. The summed E-state index contributed by atoms with van der Waals surface area (Å²) >= 11 is 6.11. The van der Waals surface area contributed by atoms with Gasteiger partial charge in [0.15, 0.2) is 0 Å². The van der Waals surface area contributed by atoms with Crippen molar-refractivity contribution in [1.29, 1.82) is 0 Å². The van der Waals surface area contributed by atoms with E-state index in [-0.39, 0.29) is 0 Å². The average Bonchev–Trinajstić information content (AvgIpc) is 2.41. The molecule has 0 aliphatic heterocycles. The van der Waals surface area contributed by atoms with Crippen LogP contribution in [0.2, 0.25) is 5.15 Å². The standard InChI is InChI=1S/C14H24ClN3O2/c1-11(2)12-13(15)17-10-18-14(12)16-6-4-5-7-20-9-8-19-3/h10-11H,4-9H2,1-3H3,(H,16,17,18). The number of rotatable bonds is 10. The van der Waals surface area contributed by atoms with Crippen molar-refractivity contribution in [2.75, 3.05) is 38.8 Å². The first-order valence-electron chi connectivity index (χ1n) is 6.97. The van der Waals surface area contributed by atoms with Gasteiger partial charge in [-0.1, -0.05) is 25.4 Å². The van der Waals surface area contributed by atoms with Crippen molar-refractivity contribution >= 4 is 17.4 Å². The summed E-state index contributed by atoms with van der Waals surface area (Å²) < 4.78 is 10.3. The zero-order valence-electron chi connectivity index (χ0n) is 12.5. The lowest BCUT2D eigenvalue weighted by Gasteiger charge is -2.14. The molecule has 0 aromatic carbocycles. The van der Waals surface area contributed by atoms with Crippen LogP contribution in [0, 0.1) is 0 Å². The predicted octanol–water partition coefficient (Wildman–Crippen LogP) is 3.11. The van der Waals surface area contributed by atoms with Gasteiger partial charge in [-0.15, -0.1) is 0 Å². The van der Waals surface area contributed by atoms with Gasteiger partial charge in [0.1, 0.15) is 17.3 Å². The van der Waals surface area contributed by atoms with E-state index in [0.717, 1.165) is 37.4 Å². The fourth-order valence-corrected chi connectivity index (χ4v) is 2.16. The van der Waals surface area contributed by atoms with Crippen molar-refractivity contribution < 1.29 is 9.47 Å². The van der Waals surface area contributed by atoms with E-state index in [4.69, 9.17) is 21.1 Å². The summed E-state index contributed by atoms with van der Waals surface area (Å²) in [6, 6.07) is 0. The summed E-state index contributed by atoms with van der Waals surface area (Å²) in [5.74, 6) is 1.13. The van der Waals surface area contributed by atoms with Gasteiger partial charge in [0, 0.05) is 25.8 Å². The van der Waals surface area contributed by atoms with E-state index in [1.165, 1.54) is 6.33 Å². The number of halogens is 1. The molecule has 5 nitrogen and oxygen atoms in total. The van der Waals surface area contributed by atoms with Gasteiger partial charge < -0.3 is 14.8 Å². The van der Waals surface area contributed by atoms with Crippen molar-refractivity contribution in [3.8, 4) is 0 Å². The van der Waals surface area contributed by atoms with Crippen LogP contribution in [0.5, 0.6) is 0 Å². The predicted molar refractivity (Wildman–Crippen MR) is 81.5 cm³/mol. The SMILES string of the molecule is COCCOCCCCNc1ncnc(Cl)c1C(C)C. The molecule has 0 amide bonds. The molecule has 0 atom stereocenters. The van der Waals surface area contributed by atoms with Crippen LogP contribution in [0.3, 0.4) is 0 Å². The van der Waals surface area contributed by atoms with E-state index in [1.807, 2.05) is 0 Å². The van der Waals surface area contributed by atoms with Crippen molar-refractivity contribution in [1.82, 2.24) is 9.97 Å². The van der Waals surface area contributed by atoms with Crippen LogP contribution in [-0.4, -0.2) is 43.4 Å². The van der Waals surface area contributed by atoms with Crippen LogP contribution in [0.15, 0.2) is 6.33 Å². The third-order valence-electron chi connectivity index (χ3n) is 2.85. The lowest BCUT2D eigenvalue weighted by atomic mass is 10.1. The Bertz CT molecular complexity index is 389. The maximum absolute atomic E-state index is 6.11. The van der Waals surface area contributed by atoms with Crippen LogP contribution < -0.4 is 5.32 Å². The molecule has 1 heterocycles. The second-order valence-corrected chi connectivity index (χ2v) is 5.18. The Morgan fingerprint density at radius 3 is 2.70 bits per heavy atom. The zero-order chi connectivity index (χ0) is 14.8. The van der Waals surface area contributed by atoms with Crippen molar-refractivity contribution in [3.05, 3.63) is 17.0 Å². The number of unbranched alkanes of at least 4 members (excludes halogenated alkanes) is 1. The Balaban J connectivity index is 2.27. The summed E-state index contributed by atoms with van der Waals surface area (Å²) in [6.45, 7) is 7.07. The molecular weight excluding hydrogens is 278 g/mol. The number of nitrogens with one attached hydrogen (secondary N) is 1. The molecule has 0 aliphatic rings. The van der Waals surface area contributed by atoms with Gasteiger partial charge in [-0.3, -0.25) is 0 Å². The number of hydrogen-bond acceptors (Lipinski definition) is 5. The van der Waals surface area contributed by atoms with E-state index in [1.54, 1.807) is 7.11 Å². The third kappa shape index (κ3) is 6.03. The summed E-state index contributed by atoms with van der Waals surface area (Å²) in [6.07, 6.45) is 3.52. The molecule has 0 radical (unpaired) electrons. The Kier molecular flexibility index (Phi) is 8.49. The maximum Gasteiger partial charge on any atom is 0.138 e. The van der Waals surface area contributed by atoms with Crippen LogP contribution in [0.1, 0.15) is 38.2 Å². The molecule has 1 N–H and O–H groups in total. The number of aromatic nitrogens is 2. The van der Waals surface area contributed by atoms with Gasteiger partial charge in [0.25, 0.3) is 0 Å². The second-order valence-electron chi connectivity index (χ2n) is 4.82. The van der Waals surface area contributed by atoms with Crippen molar-refractivity contribution in [2.45, 2.75) is 32.6 Å². The van der Waals surface area contributed by atoms with Crippen molar-refractivity contribution in [2.24, 2.45) is 0 Å². The van der Waals surface area contributed by atoms with E-state index in [9.17, 15) is 0 Å². The zero-order valence-corrected chi connectivity index (χ0v) is 13.2. The Labute approximate surface area is 126 Å². The first-order valence-corrected chi connectivity index (χ1v) is 7.35. The van der Waals surface area contributed by atoms with E-state index in [0.29, 0.717) is 24.3 Å². The minimum Gasteiger partial charge on any atom is -0.382 e. The molecule has 114 valence electrons. The molecular formula is C14H24ClN3O2. The van der Waals surface area contributed by atoms with Crippen molar-refractivity contribution in [3.63, 3.8) is 0 Å².